The third-order valence-electron chi connectivity index (χ3n) is 16.3. The monoisotopic (exact) mass is 1190 g/mol. The molecular formula is C76H48F6N8. The van der Waals surface area contributed by atoms with Gasteiger partial charge in [0.05, 0.1) is 33.2 Å². The lowest BCUT2D eigenvalue weighted by atomic mass is 9.95. The summed E-state index contributed by atoms with van der Waals surface area (Å²) in [5, 5.41) is 2.19. The van der Waals surface area contributed by atoms with Crippen molar-refractivity contribution in [3.05, 3.63) is 277 Å². The molecule has 15 rings (SSSR count). The molecule has 0 N–H and O–H groups in total. The minimum absolute atomic E-state index is 0.362. The molecule has 4 heterocycles. The molecule has 15 aromatic rings. The molecule has 0 unspecified atom stereocenters. The van der Waals surface area contributed by atoms with E-state index >= 15 is 0 Å². The van der Waals surface area contributed by atoms with Gasteiger partial charge in [-0.25, -0.2) is 29.9 Å². The molecule has 0 spiro atoms. The van der Waals surface area contributed by atoms with E-state index in [4.69, 9.17) is 29.9 Å². The van der Waals surface area contributed by atoms with E-state index < -0.39 is 23.5 Å². The summed E-state index contributed by atoms with van der Waals surface area (Å²) in [7, 11) is 0. The Morgan fingerprint density at radius 1 is 0.244 bits per heavy atom. The molecule has 0 aliphatic rings. The fraction of sp³-hybridized carbons (Fsp3) is 0.0526. The van der Waals surface area contributed by atoms with Gasteiger partial charge < -0.3 is 9.13 Å². The first-order chi connectivity index (χ1) is 43.6. The Labute approximate surface area is 511 Å². The highest BCUT2D eigenvalue weighted by Crippen LogP contribution is 2.43. The number of hydrogen-bond acceptors (Lipinski definition) is 6. The molecule has 0 aliphatic heterocycles. The Morgan fingerprint density at radius 2 is 0.511 bits per heavy atom. The molecule has 0 amide bonds. The van der Waals surface area contributed by atoms with Gasteiger partial charge in [-0.15, -0.1) is 0 Å². The van der Waals surface area contributed by atoms with Gasteiger partial charge in [0.2, 0.25) is 0 Å². The number of aryl methyl sites for hydroxylation is 2. The first kappa shape index (κ1) is 55.2. The molecule has 434 valence electrons. The summed E-state index contributed by atoms with van der Waals surface area (Å²) >= 11 is 0. The van der Waals surface area contributed by atoms with Crippen LogP contribution in [0.1, 0.15) is 22.3 Å². The molecule has 0 atom stereocenters. The number of aromatic nitrogens is 8. The maximum absolute atomic E-state index is 14.6. The molecule has 0 saturated carbocycles. The van der Waals surface area contributed by atoms with Crippen molar-refractivity contribution in [2.75, 3.05) is 0 Å². The summed E-state index contributed by atoms with van der Waals surface area (Å²) in [6, 6.07) is 77.9. The van der Waals surface area contributed by atoms with Crippen LogP contribution in [0.5, 0.6) is 0 Å². The summed E-state index contributed by atoms with van der Waals surface area (Å²) in [5.74, 6) is 2.50. The fourth-order valence-corrected chi connectivity index (χ4v) is 12.0. The Morgan fingerprint density at radius 3 is 0.833 bits per heavy atom. The van der Waals surface area contributed by atoms with Crippen molar-refractivity contribution in [3.8, 4) is 102 Å². The summed E-state index contributed by atoms with van der Waals surface area (Å²) in [6.45, 7) is 3.84. The second-order valence-corrected chi connectivity index (χ2v) is 22.4. The Bertz CT molecular complexity index is 4850. The third kappa shape index (κ3) is 10.3. The van der Waals surface area contributed by atoms with Gasteiger partial charge in [0.15, 0.2) is 34.9 Å². The van der Waals surface area contributed by atoms with E-state index in [1.807, 2.05) is 235 Å². The second-order valence-electron chi connectivity index (χ2n) is 22.4. The van der Waals surface area contributed by atoms with E-state index in [0.29, 0.717) is 101 Å². The predicted octanol–water partition coefficient (Wildman–Crippen LogP) is 20.2. The number of benzene rings is 11. The van der Waals surface area contributed by atoms with Gasteiger partial charge in [-0.05, 0) is 139 Å². The highest BCUT2D eigenvalue weighted by Gasteiger charge is 2.33. The quantitative estimate of drug-likeness (QED) is 0.127. The molecule has 0 bridgehead atoms. The molecule has 0 fully saturated rings. The first-order valence-corrected chi connectivity index (χ1v) is 29.0. The van der Waals surface area contributed by atoms with Crippen LogP contribution in [-0.4, -0.2) is 39.0 Å². The minimum atomic E-state index is -4.58. The molecule has 14 heteroatoms. The second kappa shape index (κ2) is 21.8. The number of hydrogen-bond donors (Lipinski definition) is 0. The molecule has 0 saturated heterocycles. The molecule has 0 aliphatic carbocycles. The van der Waals surface area contributed by atoms with Crippen LogP contribution in [0, 0.1) is 13.8 Å². The van der Waals surface area contributed by atoms with E-state index in [9.17, 15) is 26.3 Å². The van der Waals surface area contributed by atoms with Gasteiger partial charge in [-0.1, -0.05) is 163 Å². The summed E-state index contributed by atoms with van der Waals surface area (Å²) < 4.78 is 91.3. The molecule has 0 radical (unpaired) electrons. The maximum atomic E-state index is 14.6. The maximum Gasteiger partial charge on any atom is 0.416 e. The number of alkyl halides is 6. The lowest BCUT2D eigenvalue weighted by Gasteiger charge is -2.16. The lowest BCUT2D eigenvalue weighted by Crippen LogP contribution is -2.04. The van der Waals surface area contributed by atoms with Crippen molar-refractivity contribution >= 4 is 43.6 Å². The Balaban J connectivity index is 0.978. The average Bonchev–Trinajstić information content (AvgIpc) is 1.60. The SMILES string of the molecule is Cc1ccc2c(c1)c1cc(C(F)(F)F)ccc1n2-c1cc(-c2cccc(-c3cc(-c4nc(-c5ccccc5)nc(-c5ccccc5)n4)cc(-n4c5ccc(C)cc5c5cc(C(F)(F)F)ccc54)c3)c2)cc(-c2nc(-c3ccccc3)nc(-c3ccccc3)n2)c1. The van der Waals surface area contributed by atoms with Crippen LogP contribution in [0.2, 0.25) is 0 Å². The Hall–Kier alpha value is -11.4. The van der Waals surface area contributed by atoms with Crippen LogP contribution in [0.25, 0.3) is 146 Å². The molecule has 90 heavy (non-hydrogen) atoms. The fourth-order valence-electron chi connectivity index (χ4n) is 12.0. The van der Waals surface area contributed by atoms with Crippen LogP contribution >= 0.6 is 0 Å². The topological polar surface area (TPSA) is 87.2 Å². The normalized spacial score (nSPS) is 12.0. The number of rotatable bonds is 10. The molecular weight excluding hydrogens is 1140 g/mol. The molecule has 4 aromatic heterocycles. The van der Waals surface area contributed by atoms with Gasteiger partial charge in [0, 0.05) is 66.3 Å². The van der Waals surface area contributed by atoms with Crippen molar-refractivity contribution in [2.24, 2.45) is 0 Å². The van der Waals surface area contributed by atoms with Crippen molar-refractivity contribution in [1.82, 2.24) is 39.0 Å². The van der Waals surface area contributed by atoms with Gasteiger partial charge in [-0.2, -0.15) is 26.3 Å². The van der Waals surface area contributed by atoms with Gasteiger partial charge in [0.1, 0.15) is 0 Å². The highest BCUT2D eigenvalue weighted by atomic mass is 19.4. The summed E-state index contributed by atoms with van der Waals surface area (Å²) in [4.78, 5) is 30.6. The van der Waals surface area contributed by atoms with E-state index in [-0.39, 0.29) is 0 Å². The van der Waals surface area contributed by atoms with Crippen LogP contribution in [0.3, 0.4) is 0 Å². The van der Waals surface area contributed by atoms with Crippen LogP contribution in [-0.2, 0) is 12.4 Å². The van der Waals surface area contributed by atoms with Crippen LogP contribution in [0.15, 0.2) is 255 Å². The van der Waals surface area contributed by atoms with Crippen molar-refractivity contribution < 1.29 is 26.3 Å². The largest absolute Gasteiger partial charge is 0.416 e. The van der Waals surface area contributed by atoms with E-state index in [2.05, 4.69) is 6.07 Å². The first-order valence-electron chi connectivity index (χ1n) is 29.0. The molecule has 8 nitrogen and oxygen atoms in total. The average molecular weight is 1190 g/mol. The number of nitrogens with zero attached hydrogens (tertiary/aromatic N) is 8. The van der Waals surface area contributed by atoms with Crippen LogP contribution < -0.4 is 0 Å². The lowest BCUT2D eigenvalue weighted by molar-refractivity contribution is -0.138. The zero-order valence-electron chi connectivity index (χ0n) is 48.1. The zero-order chi connectivity index (χ0) is 61.4. The standard InChI is InChI=1S/C76H48F6N8/c1-45-26-30-65-61(34-45)63-43-57(75(77,78)79)28-32-67(63)89(65)59-39-53(37-55(41-59)73-85-69(47-16-7-3-8-17-47)83-70(86-73)48-18-9-4-10-19-48)51-24-15-25-52(36-51)54-38-56(74-87-71(49-20-11-5-12-21-49)84-72(88-74)50-22-13-6-14-23-50)42-60(40-54)90-66-31-27-46(2)35-62(66)64-44-58(76(80,81)82)29-33-68(64)90/h3-44H,1-2H3. The minimum Gasteiger partial charge on any atom is -0.309 e. The smallest absolute Gasteiger partial charge is 0.309 e. The van der Waals surface area contributed by atoms with E-state index in [0.717, 1.165) is 67.8 Å². The van der Waals surface area contributed by atoms with Crippen molar-refractivity contribution in [2.45, 2.75) is 26.2 Å². The van der Waals surface area contributed by atoms with Crippen molar-refractivity contribution in [3.63, 3.8) is 0 Å². The Kier molecular flexibility index (Phi) is 13.4. The summed E-state index contributed by atoms with van der Waals surface area (Å²) in [5.41, 5.74) is 11.4. The van der Waals surface area contributed by atoms with Gasteiger partial charge >= 0.3 is 12.4 Å². The van der Waals surface area contributed by atoms with E-state index in [1.54, 1.807) is 0 Å². The number of halogens is 6. The molecule has 11 aromatic carbocycles. The van der Waals surface area contributed by atoms with Gasteiger partial charge in [-0.3, -0.25) is 0 Å². The van der Waals surface area contributed by atoms with Crippen LogP contribution in [0.4, 0.5) is 26.3 Å². The van der Waals surface area contributed by atoms with Gasteiger partial charge in [0.25, 0.3) is 0 Å². The summed E-state index contributed by atoms with van der Waals surface area (Å²) in [6.07, 6.45) is -9.16. The number of fused-ring (bicyclic) bond motifs is 6. The third-order valence-corrected chi connectivity index (χ3v) is 16.3. The predicted molar refractivity (Wildman–Crippen MR) is 345 cm³/mol. The zero-order valence-corrected chi connectivity index (χ0v) is 48.1. The highest BCUT2D eigenvalue weighted by molar-refractivity contribution is 6.11. The van der Waals surface area contributed by atoms with Crippen molar-refractivity contribution in [1.29, 1.82) is 0 Å². The van der Waals surface area contributed by atoms with E-state index in [1.165, 1.54) is 24.3 Å².